The fourth-order valence-electron chi connectivity index (χ4n) is 4.81. The monoisotopic (exact) mass is 578 g/mol. The first-order chi connectivity index (χ1) is 19.4. The number of alkyl halides is 3. The van der Waals surface area contributed by atoms with Crippen molar-refractivity contribution in [1.29, 1.82) is 0 Å². The maximum Gasteiger partial charge on any atom is 0.416 e. The van der Waals surface area contributed by atoms with Gasteiger partial charge in [-0.3, -0.25) is 4.98 Å². The number of rotatable bonds is 7. The number of anilines is 1. The van der Waals surface area contributed by atoms with Crippen LogP contribution in [0, 0.1) is 0 Å². The van der Waals surface area contributed by atoms with E-state index >= 15 is 0 Å². The third-order valence-corrected chi connectivity index (χ3v) is 6.89. The number of urea groups is 1. The fourth-order valence-corrected chi connectivity index (χ4v) is 4.81. The van der Waals surface area contributed by atoms with Gasteiger partial charge in [0.2, 0.25) is 0 Å². The Labute approximate surface area is 237 Å². The predicted octanol–water partition coefficient (Wildman–Crippen LogP) is 6.14. The van der Waals surface area contributed by atoms with Gasteiger partial charge in [0.05, 0.1) is 30.5 Å². The van der Waals surface area contributed by atoms with Crippen LogP contribution >= 0.6 is 0 Å². The van der Waals surface area contributed by atoms with Crippen molar-refractivity contribution >= 4 is 17.8 Å². The van der Waals surface area contributed by atoms with Crippen LogP contribution in [0.25, 0.3) is 0 Å². The third kappa shape index (κ3) is 9.24. The first kappa shape index (κ1) is 30.4. The zero-order valence-corrected chi connectivity index (χ0v) is 23.5. The molecule has 0 radical (unpaired) electrons. The molecule has 4 rings (SSSR count). The molecule has 3 amide bonds. The van der Waals surface area contributed by atoms with Gasteiger partial charge in [-0.2, -0.15) is 13.2 Å². The number of carbonyl (C=O) groups is 2. The number of nitrogens with zero attached hydrogens (tertiary/aromatic N) is 2. The molecule has 1 unspecified atom stereocenters. The van der Waals surface area contributed by atoms with Gasteiger partial charge in [0, 0.05) is 31.4 Å². The zero-order valence-electron chi connectivity index (χ0n) is 23.5. The molecule has 2 heterocycles. The van der Waals surface area contributed by atoms with E-state index < -0.39 is 35.6 Å². The lowest BCUT2D eigenvalue weighted by atomic mass is 9.93. The number of halogens is 3. The van der Waals surface area contributed by atoms with E-state index in [1.165, 1.54) is 11.0 Å². The molecule has 2 fully saturated rings. The summed E-state index contributed by atoms with van der Waals surface area (Å²) in [5.41, 5.74) is -0.620. The molecule has 2 aliphatic rings. The van der Waals surface area contributed by atoms with Crippen molar-refractivity contribution in [1.82, 2.24) is 15.2 Å². The molecule has 1 atom stereocenters. The van der Waals surface area contributed by atoms with Crippen LogP contribution in [0.15, 0.2) is 42.7 Å². The molecule has 1 aliphatic carbocycles. The minimum absolute atomic E-state index is 0.0689. The normalized spacial score (nSPS) is 21.3. The number of carbonyl (C=O) groups excluding carboxylic acids is 2. The lowest BCUT2D eigenvalue weighted by molar-refractivity contribution is -0.137. The Hall–Kier alpha value is -3.54. The molecule has 2 N–H and O–H groups in total. The SMILES string of the molecule is CC(C)(C)OC(=O)N1CCC(Oc2ccc(C(F)(F)F)cc2NC(=O)NC2CCC(OCc3ccncc3)CC2)C1. The lowest BCUT2D eigenvalue weighted by Gasteiger charge is -2.29. The lowest BCUT2D eigenvalue weighted by Crippen LogP contribution is -2.41. The number of likely N-dealkylation sites (tertiary alicyclic amines) is 1. The Bertz CT molecular complexity index is 1180. The van der Waals surface area contributed by atoms with Gasteiger partial charge in [0.15, 0.2) is 0 Å². The molecular weight excluding hydrogens is 541 g/mol. The molecule has 41 heavy (non-hydrogen) atoms. The van der Waals surface area contributed by atoms with Gasteiger partial charge in [0.1, 0.15) is 17.5 Å². The predicted molar refractivity (Wildman–Crippen MR) is 146 cm³/mol. The number of ether oxygens (including phenoxy) is 3. The molecular formula is C29H37F3N4O5. The standard InChI is InChI=1S/C29H37F3N4O5/c1-28(2,3)41-27(38)36-15-12-23(17-36)40-25-9-4-20(29(30,31)32)16-24(25)35-26(37)34-21-5-7-22(8-6-21)39-18-19-10-13-33-14-11-19/h4,9-11,13-14,16,21-23H,5-8,12,15,17-18H2,1-3H3,(H2,34,35,37). The van der Waals surface area contributed by atoms with Crippen LogP contribution in [0.3, 0.4) is 0 Å². The molecule has 0 spiro atoms. The molecule has 1 aromatic carbocycles. The third-order valence-electron chi connectivity index (χ3n) is 6.89. The highest BCUT2D eigenvalue weighted by molar-refractivity contribution is 5.91. The van der Waals surface area contributed by atoms with E-state index in [0.29, 0.717) is 32.4 Å². The largest absolute Gasteiger partial charge is 0.486 e. The van der Waals surface area contributed by atoms with Crippen molar-refractivity contribution in [2.45, 2.75) is 89.5 Å². The highest BCUT2D eigenvalue weighted by atomic mass is 19.4. The van der Waals surface area contributed by atoms with Gasteiger partial charge in [-0.15, -0.1) is 0 Å². The van der Waals surface area contributed by atoms with E-state index in [1.54, 1.807) is 33.2 Å². The van der Waals surface area contributed by atoms with Crippen LogP contribution in [0.5, 0.6) is 5.75 Å². The maximum absolute atomic E-state index is 13.5. The fraction of sp³-hybridized carbons (Fsp3) is 0.552. The number of aromatic nitrogens is 1. The van der Waals surface area contributed by atoms with Gasteiger partial charge in [-0.05, 0) is 82.3 Å². The van der Waals surface area contributed by atoms with E-state index in [2.05, 4.69) is 15.6 Å². The van der Waals surface area contributed by atoms with E-state index in [4.69, 9.17) is 14.2 Å². The Morgan fingerprint density at radius 2 is 1.71 bits per heavy atom. The molecule has 9 nitrogen and oxygen atoms in total. The second-order valence-electron chi connectivity index (χ2n) is 11.4. The number of hydrogen-bond donors (Lipinski definition) is 2. The molecule has 0 bridgehead atoms. The Morgan fingerprint density at radius 3 is 2.37 bits per heavy atom. The minimum Gasteiger partial charge on any atom is -0.486 e. The van der Waals surface area contributed by atoms with Crippen LogP contribution in [0.2, 0.25) is 0 Å². The van der Waals surface area contributed by atoms with Crippen molar-refractivity contribution in [2.24, 2.45) is 0 Å². The maximum atomic E-state index is 13.5. The summed E-state index contributed by atoms with van der Waals surface area (Å²) in [5, 5.41) is 5.41. The summed E-state index contributed by atoms with van der Waals surface area (Å²) < 4.78 is 57.7. The summed E-state index contributed by atoms with van der Waals surface area (Å²) in [6.45, 7) is 6.39. The molecule has 224 valence electrons. The molecule has 12 heteroatoms. The number of nitrogens with one attached hydrogen (secondary N) is 2. The summed E-state index contributed by atoms with van der Waals surface area (Å²) in [5.74, 6) is 0.0948. The highest BCUT2D eigenvalue weighted by Gasteiger charge is 2.34. The Balaban J connectivity index is 1.32. The van der Waals surface area contributed by atoms with Gasteiger partial charge in [-0.25, -0.2) is 9.59 Å². The van der Waals surface area contributed by atoms with E-state index in [-0.39, 0.29) is 30.1 Å². The van der Waals surface area contributed by atoms with Gasteiger partial charge in [-0.1, -0.05) is 0 Å². The van der Waals surface area contributed by atoms with Crippen molar-refractivity contribution in [2.75, 3.05) is 18.4 Å². The molecule has 1 saturated carbocycles. The topological polar surface area (TPSA) is 102 Å². The minimum atomic E-state index is -4.60. The number of benzene rings is 1. The van der Waals surface area contributed by atoms with Crippen molar-refractivity contribution in [3.63, 3.8) is 0 Å². The second kappa shape index (κ2) is 13.0. The molecule has 1 aliphatic heterocycles. The quantitative estimate of drug-likeness (QED) is 0.409. The van der Waals surface area contributed by atoms with Gasteiger partial charge in [0.25, 0.3) is 0 Å². The van der Waals surface area contributed by atoms with Crippen LogP contribution in [-0.2, 0) is 22.3 Å². The van der Waals surface area contributed by atoms with Crippen molar-refractivity contribution in [3.05, 3.63) is 53.9 Å². The Kier molecular flexibility index (Phi) is 9.62. The van der Waals surface area contributed by atoms with E-state index in [0.717, 1.165) is 30.5 Å². The van der Waals surface area contributed by atoms with Crippen LogP contribution < -0.4 is 15.4 Å². The summed E-state index contributed by atoms with van der Waals surface area (Å²) >= 11 is 0. The average molecular weight is 579 g/mol. The smallest absolute Gasteiger partial charge is 0.416 e. The van der Waals surface area contributed by atoms with Crippen LogP contribution in [0.1, 0.15) is 64.0 Å². The van der Waals surface area contributed by atoms with Crippen LogP contribution in [-0.4, -0.2) is 58.9 Å². The van der Waals surface area contributed by atoms with E-state index in [9.17, 15) is 22.8 Å². The number of amides is 3. The number of pyridine rings is 1. The molecule has 2 aromatic rings. The molecule has 1 saturated heterocycles. The summed E-state index contributed by atoms with van der Waals surface area (Å²) in [4.78, 5) is 30.7. The average Bonchev–Trinajstić information content (AvgIpc) is 3.37. The zero-order chi connectivity index (χ0) is 29.6. The van der Waals surface area contributed by atoms with Crippen molar-refractivity contribution in [3.8, 4) is 5.75 Å². The van der Waals surface area contributed by atoms with E-state index in [1.807, 2.05) is 12.1 Å². The summed E-state index contributed by atoms with van der Waals surface area (Å²) in [7, 11) is 0. The summed E-state index contributed by atoms with van der Waals surface area (Å²) in [6.07, 6.45) is 1.30. The Morgan fingerprint density at radius 1 is 1.00 bits per heavy atom. The van der Waals surface area contributed by atoms with Crippen molar-refractivity contribution < 1.29 is 37.0 Å². The second-order valence-corrected chi connectivity index (χ2v) is 11.4. The first-order valence-electron chi connectivity index (χ1n) is 13.8. The van der Waals surface area contributed by atoms with Gasteiger partial charge < -0.3 is 29.7 Å². The van der Waals surface area contributed by atoms with Crippen LogP contribution in [0.4, 0.5) is 28.4 Å². The first-order valence-corrected chi connectivity index (χ1v) is 13.8. The molecule has 1 aromatic heterocycles. The number of hydrogen-bond acceptors (Lipinski definition) is 6. The summed E-state index contributed by atoms with van der Waals surface area (Å²) in [6, 6.07) is 6.01. The van der Waals surface area contributed by atoms with Gasteiger partial charge >= 0.3 is 18.3 Å². The highest BCUT2D eigenvalue weighted by Crippen LogP contribution is 2.36.